The summed E-state index contributed by atoms with van der Waals surface area (Å²) >= 11 is 5.89. The molecule has 82 valence electrons. The van der Waals surface area contributed by atoms with Gasteiger partial charge in [-0.3, -0.25) is 13.9 Å². The first-order valence-corrected chi connectivity index (χ1v) is 5.03. The van der Waals surface area contributed by atoms with Crippen molar-refractivity contribution in [3.05, 3.63) is 62.4 Å². The van der Waals surface area contributed by atoms with Gasteiger partial charge in [0.2, 0.25) is 0 Å². The quantitative estimate of drug-likeness (QED) is 0.698. The topological polar surface area (TPSA) is 44.0 Å². The van der Waals surface area contributed by atoms with Crippen molar-refractivity contribution < 1.29 is 0 Å². The van der Waals surface area contributed by atoms with Gasteiger partial charge < -0.3 is 0 Å². The number of halogens is 1. The Labute approximate surface area is 96.3 Å². The lowest BCUT2D eigenvalue weighted by molar-refractivity contribution is 0.729. The van der Waals surface area contributed by atoms with E-state index in [-0.39, 0.29) is 5.15 Å². The molecule has 0 aliphatic rings. The molecule has 0 aliphatic carbocycles. The summed E-state index contributed by atoms with van der Waals surface area (Å²) in [7, 11) is 1.42. The number of rotatable bonds is 1. The summed E-state index contributed by atoms with van der Waals surface area (Å²) in [6.07, 6.45) is 0. The Morgan fingerprint density at radius 1 is 1.12 bits per heavy atom. The van der Waals surface area contributed by atoms with Crippen LogP contribution in [0.15, 0.2) is 46.0 Å². The van der Waals surface area contributed by atoms with Gasteiger partial charge in [0.05, 0.1) is 5.69 Å². The molecule has 1 aromatic heterocycles. The van der Waals surface area contributed by atoms with E-state index in [1.807, 2.05) is 6.07 Å². The van der Waals surface area contributed by atoms with Crippen molar-refractivity contribution >= 4 is 11.6 Å². The van der Waals surface area contributed by atoms with Gasteiger partial charge in [0.15, 0.2) is 0 Å². The highest BCUT2D eigenvalue weighted by atomic mass is 35.5. The van der Waals surface area contributed by atoms with Crippen molar-refractivity contribution in [2.24, 2.45) is 7.05 Å². The molecule has 16 heavy (non-hydrogen) atoms. The Morgan fingerprint density at radius 3 is 2.38 bits per heavy atom. The lowest BCUT2D eigenvalue weighted by Gasteiger charge is -2.08. The van der Waals surface area contributed by atoms with Crippen molar-refractivity contribution in [3.63, 3.8) is 0 Å². The summed E-state index contributed by atoms with van der Waals surface area (Å²) < 4.78 is 2.29. The smallest absolute Gasteiger partial charge is 0.269 e. The predicted octanol–water partition coefficient (Wildman–Crippen LogP) is 1.19. The second kappa shape index (κ2) is 3.98. The van der Waals surface area contributed by atoms with Crippen LogP contribution < -0.4 is 11.2 Å². The van der Waals surface area contributed by atoms with E-state index in [9.17, 15) is 9.59 Å². The third-order valence-electron chi connectivity index (χ3n) is 2.28. The number of para-hydroxylation sites is 1. The van der Waals surface area contributed by atoms with E-state index in [4.69, 9.17) is 11.6 Å². The SMILES string of the molecule is Cn1c(=O)cc(Cl)n(-c2ccccc2)c1=O. The molecule has 0 aliphatic heterocycles. The minimum atomic E-state index is -0.455. The monoisotopic (exact) mass is 236 g/mol. The maximum atomic E-state index is 11.9. The molecule has 2 rings (SSSR count). The normalized spacial score (nSPS) is 10.4. The summed E-state index contributed by atoms with van der Waals surface area (Å²) in [6, 6.07) is 10.1. The molecule has 0 fully saturated rings. The van der Waals surface area contributed by atoms with Crippen LogP contribution in [-0.4, -0.2) is 9.13 Å². The van der Waals surface area contributed by atoms with Crippen LogP contribution in [0.1, 0.15) is 0 Å². The summed E-state index contributed by atoms with van der Waals surface area (Å²) in [4.78, 5) is 23.2. The zero-order valence-corrected chi connectivity index (χ0v) is 9.31. The van der Waals surface area contributed by atoms with Crippen molar-refractivity contribution in [2.45, 2.75) is 0 Å². The van der Waals surface area contributed by atoms with Gasteiger partial charge >= 0.3 is 5.69 Å². The van der Waals surface area contributed by atoms with Gasteiger partial charge in [-0.15, -0.1) is 0 Å². The van der Waals surface area contributed by atoms with Crippen LogP contribution >= 0.6 is 11.6 Å². The fourth-order valence-corrected chi connectivity index (χ4v) is 1.67. The van der Waals surface area contributed by atoms with E-state index in [1.54, 1.807) is 24.3 Å². The molecule has 0 amide bonds. The van der Waals surface area contributed by atoms with Crippen LogP contribution in [0.4, 0.5) is 0 Å². The largest absolute Gasteiger partial charge is 0.336 e. The maximum Gasteiger partial charge on any atom is 0.336 e. The molecule has 5 heteroatoms. The van der Waals surface area contributed by atoms with E-state index < -0.39 is 11.2 Å². The van der Waals surface area contributed by atoms with Crippen LogP contribution in [0.3, 0.4) is 0 Å². The van der Waals surface area contributed by atoms with Gasteiger partial charge in [0.25, 0.3) is 5.56 Å². The summed E-state index contributed by atoms with van der Waals surface area (Å²) in [6.45, 7) is 0. The Morgan fingerprint density at radius 2 is 1.75 bits per heavy atom. The molecular formula is C11H9ClN2O2. The zero-order chi connectivity index (χ0) is 11.7. The highest BCUT2D eigenvalue weighted by Gasteiger charge is 2.08. The average Bonchev–Trinajstić information content (AvgIpc) is 2.28. The minimum absolute atomic E-state index is 0.110. The van der Waals surface area contributed by atoms with Crippen molar-refractivity contribution in [2.75, 3.05) is 0 Å². The van der Waals surface area contributed by atoms with Crippen LogP contribution in [0.25, 0.3) is 5.69 Å². The van der Waals surface area contributed by atoms with Crippen molar-refractivity contribution in [1.29, 1.82) is 0 Å². The second-order valence-electron chi connectivity index (χ2n) is 3.32. The molecule has 0 saturated heterocycles. The van der Waals surface area contributed by atoms with Gasteiger partial charge in [-0.05, 0) is 12.1 Å². The highest BCUT2D eigenvalue weighted by molar-refractivity contribution is 6.29. The molecule has 0 radical (unpaired) electrons. The number of hydrogen-bond donors (Lipinski definition) is 0. The van der Waals surface area contributed by atoms with Crippen LogP contribution in [0.5, 0.6) is 0 Å². The van der Waals surface area contributed by atoms with Crippen molar-refractivity contribution in [3.8, 4) is 5.69 Å². The van der Waals surface area contributed by atoms with Gasteiger partial charge in [-0.2, -0.15) is 0 Å². The number of aromatic nitrogens is 2. The van der Waals surface area contributed by atoms with Gasteiger partial charge in [0, 0.05) is 13.1 Å². The van der Waals surface area contributed by atoms with Gasteiger partial charge in [0.1, 0.15) is 5.15 Å². The molecular weight excluding hydrogens is 228 g/mol. The molecule has 0 saturated carbocycles. The molecule has 0 bridgehead atoms. The number of hydrogen-bond acceptors (Lipinski definition) is 2. The standard InChI is InChI=1S/C11H9ClN2O2/c1-13-10(15)7-9(12)14(11(13)16)8-5-3-2-4-6-8/h2-7H,1H3. The van der Waals surface area contributed by atoms with E-state index in [2.05, 4.69) is 0 Å². The molecule has 1 heterocycles. The zero-order valence-electron chi connectivity index (χ0n) is 8.55. The van der Waals surface area contributed by atoms with E-state index >= 15 is 0 Å². The fraction of sp³-hybridized carbons (Fsp3) is 0.0909. The van der Waals surface area contributed by atoms with Gasteiger partial charge in [-0.25, -0.2) is 4.79 Å². The summed E-state index contributed by atoms with van der Waals surface area (Å²) in [5.74, 6) is 0. The highest BCUT2D eigenvalue weighted by Crippen LogP contribution is 2.10. The average molecular weight is 237 g/mol. The van der Waals surface area contributed by atoms with Crippen LogP contribution in [0.2, 0.25) is 5.15 Å². The summed E-state index contributed by atoms with van der Waals surface area (Å²) in [5.41, 5.74) is -0.237. The number of nitrogens with zero attached hydrogens (tertiary/aromatic N) is 2. The van der Waals surface area contributed by atoms with Crippen LogP contribution in [-0.2, 0) is 7.05 Å². The predicted molar refractivity (Wildman–Crippen MR) is 62.3 cm³/mol. The Balaban J connectivity index is 2.82. The third-order valence-corrected chi connectivity index (χ3v) is 2.56. The molecule has 0 atom stereocenters. The van der Waals surface area contributed by atoms with E-state index in [1.165, 1.54) is 17.7 Å². The van der Waals surface area contributed by atoms with E-state index in [0.29, 0.717) is 5.69 Å². The molecule has 1 aromatic carbocycles. The third kappa shape index (κ3) is 1.67. The Bertz CT molecular complexity index is 629. The number of benzene rings is 1. The minimum Gasteiger partial charge on any atom is -0.269 e. The summed E-state index contributed by atoms with van der Waals surface area (Å²) in [5, 5.41) is 0.110. The van der Waals surface area contributed by atoms with Crippen LogP contribution in [0, 0.1) is 0 Å². The first kappa shape index (κ1) is 10.7. The Kier molecular flexibility index (Phi) is 2.66. The first-order valence-electron chi connectivity index (χ1n) is 4.65. The molecule has 0 spiro atoms. The van der Waals surface area contributed by atoms with Gasteiger partial charge in [-0.1, -0.05) is 29.8 Å². The van der Waals surface area contributed by atoms with Crippen molar-refractivity contribution in [1.82, 2.24) is 9.13 Å². The lowest BCUT2D eigenvalue weighted by Crippen LogP contribution is -2.36. The fourth-order valence-electron chi connectivity index (χ4n) is 1.41. The first-order chi connectivity index (χ1) is 7.61. The molecule has 4 nitrogen and oxygen atoms in total. The Hall–Kier alpha value is -1.81. The maximum absolute atomic E-state index is 11.9. The molecule has 2 aromatic rings. The second-order valence-corrected chi connectivity index (χ2v) is 3.71. The lowest BCUT2D eigenvalue weighted by atomic mass is 10.3. The van der Waals surface area contributed by atoms with E-state index in [0.717, 1.165) is 4.57 Å². The molecule has 0 unspecified atom stereocenters. The molecule has 0 N–H and O–H groups in total.